The topological polar surface area (TPSA) is 92.6 Å². The summed E-state index contributed by atoms with van der Waals surface area (Å²) >= 11 is 0. The van der Waals surface area contributed by atoms with Gasteiger partial charge in [0.2, 0.25) is 0 Å². The molecule has 3 N–H and O–H groups in total. The number of hydrogen-bond acceptors (Lipinski definition) is 4. The van der Waals surface area contributed by atoms with Crippen molar-refractivity contribution < 1.29 is 14.3 Å². The van der Waals surface area contributed by atoms with E-state index in [9.17, 15) is 9.90 Å². The molecule has 120 valence electrons. The summed E-state index contributed by atoms with van der Waals surface area (Å²) in [5, 5.41) is 9.24. The first-order valence-electron chi connectivity index (χ1n) is 7.06. The standard InChI is InChI=1S/C17H19N3O3/c1-17(2,3)20(16(21)22)6-4-5-12-7-13(9-14(18)8-12)15-10-19-11-23-15/h7-11H,6,18H2,1-3H3,(H,21,22). The molecule has 1 aromatic heterocycles. The van der Waals surface area contributed by atoms with Gasteiger partial charge in [-0.2, -0.15) is 0 Å². The molecule has 0 aliphatic carbocycles. The van der Waals surface area contributed by atoms with Gasteiger partial charge in [-0.1, -0.05) is 11.8 Å². The van der Waals surface area contributed by atoms with Crippen molar-refractivity contribution in [3.8, 4) is 23.2 Å². The second kappa shape index (κ2) is 6.44. The summed E-state index contributed by atoms with van der Waals surface area (Å²) in [4.78, 5) is 16.4. The van der Waals surface area contributed by atoms with Crippen molar-refractivity contribution in [2.75, 3.05) is 12.3 Å². The van der Waals surface area contributed by atoms with Gasteiger partial charge in [-0.3, -0.25) is 4.90 Å². The predicted molar refractivity (Wildman–Crippen MR) is 87.7 cm³/mol. The van der Waals surface area contributed by atoms with Crippen LogP contribution in [0.1, 0.15) is 26.3 Å². The molecule has 0 atom stereocenters. The zero-order valence-corrected chi connectivity index (χ0v) is 13.3. The first-order chi connectivity index (χ1) is 10.8. The number of oxazole rings is 1. The molecule has 6 nitrogen and oxygen atoms in total. The van der Waals surface area contributed by atoms with Gasteiger partial charge in [0.25, 0.3) is 0 Å². The lowest BCUT2D eigenvalue weighted by molar-refractivity contribution is 0.110. The fourth-order valence-corrected chi connectivity index (χ4v) is 2.04. The van der Waals surface area contributed by atoms with Crippen molar-refractivity contribution in [3.05, 3.63) is 36.4 Å². The normalized spacial score (nSPS) is 10.7. The average Bonchev–Trinajstić information content (AvgIpc) is 2.95. The van der Waals surface area contributed by atoms with E-state index >= 15 is 0 Å². The molecule has 0 unspecified atom stereocenters. The van der Waals surface area contributed by atoms with E-state index in [1.165, 1.54) is 11.3 Å². The van der Waals surface area contributed by atoms with Gasteiger partial charge in [-0.15, -0.1) is 0 Å². The number of carboxylic acid groups (broad SMARTS) is 1. The van der Waals surface area contributed by atoms with Crippen LogP contribution < -0.4 is 5.73 Å². The first-order valence-corrected chi connectivity index (χ1v) is 7.06. The largest absolute Gasteiger partial charge is 0.465 e. The van der Waals surface area contributed by atoms with Crippen LogP contribution in [-0.2, 0) is 0 Å². The van der Waals surface area contributed by atoms with Crippen molar-refractivity contribution in [1.82, 2.24) is 9.88 Å². The minimum Gasteiger partial charge on any atom is -0.465 e. The number of rotatable bonds is 2. The predicted octanol–water partition coefficient (Wildman–Crippen LogP) is 3.05. The quantitative estimate of drug-likeness (QED) is 0.656. The Kier molecular flexibility index (Phi) is 4.60. The highest BCUT2D eigenvalue weighted by molar-refractivity contribution is 5.67. The zero-order chi connectivity index (χ0) is 17.0. The highest BCUT2D eigenvalue weighted by atomic mass is 16.4. The molecule has 0 radical (unpaired) electrons. The lowest BCUT2D eigenvalue weighted by Gasteiger charge is -2.31. The van der Waals surface area contributed by atoms with Gasteiger partial charge in [0.1, 0.15) is 0 Å². The van der Waals surface area contributed by atoms with Crippen LogP contribution in [-0.4, -0.2) is 33.2 Å². The number of benzene rings is 1. The molecule has 1 amide bonds. The van der Waals surface area contributed by atoms with Crippen LogP contribution in [0.3, 0.4) is 0 Å². The van der Waals surface area contributed by atoms with Crippen molar-refractivity contribution in [2.45, 2.75) is 26.3 Å². The molecule has 0 aliphatic heterocycles. The summed E-state index contributed by atoms with van der Waals surface area (Å²) in [5.74, 6) is 6.43. The van der Waals surface area contributed by atoms with Crippen LogP contribution in [0.4, 0.5) is 10.5 Å². The molecule has 23 heavy (non-hydrogen) atoms. The maximum atomic E-state index is 11.3. The fourth-order valence-electron chi connectivity index (χ4n) is 2.04. The van der Waals surface area contributed by atoms with Crippen LogP contribution in [0.15, 0.2) is 35.2 Å². The molecular formula is C17H19N3O3. The Bertz CT molecular complexity index is 750. The minimum absolute atomic E-state index is 0.116. The summed E-state index contributed by atoms with van der Waals surface area (Å²) < 4.78 is 5.25. The van der Waals surface area contributed by atoms with Crippen LogP contribution in [0.2, 0.25) is 0 Å². The molecular weight excluding hydrogens is 294 g/mol. The third-order valence-corrected chi connectivity index (χ3v) is 3.18. The highest BCUT2D eigenvalue weighted by Crippen LogP contribution is 2.22. The number of carbonyl (C=O) groups is 1. The van der Waals surface area contributed by atoms with E-state index in [1.54, 1.807) is 18.3 Å². The maximum Gasteiger partial charge on any atom is 0.408 e. The molecule has 1 aromatic carbocycles. The number of nitrogens with two attached hydrogens (primary N) is 1. The van der Waals surface area contributed by atoms with Crippen LogP contribution in [0.25, 0.3) is 11.3 Å². The molecule has 0 fully saturated rings. The average molecular weight is 313 g/mol. The van der Waals surface area contributed by atoms with Gasteiger partial charge >= 0.3 is 6.09 Å². The Labute approximate surface area is 134 Å². The zero-order valence-electron chi connectivity index (χ0n) is 13.3. The molecule has 6 heteroatoms. The molecule has 0 saturated heterocycles. The molecule has 0 spiro atoms. The van der Waals surface area contributed by atoms with Gasteiger partial charge in [0.15, 0.2) is 12.2 Å². The monoisotopic (exact) mass is 313 g/mol. The van der Waals surface area contributed by atoms with Gasteiger partial charge in [0.05, 0.1) is 12.7 Å². The number of nitrogens with zero attached hydrogens (tertiary/aromatic N) is 2. The molecule has 1 heterocycles. The van der Waals surface area contributed by atoms with Gasteiger partial charge in [-0.05, 0) is 39.0 Å². The fraction of sp³-hybridized carbons (Fsp3) is 0.294. The smallest absolute Gasteiger partial charge is 0.408 e. The second-order valence-electron chi connectivity index (χ2n) is 6.05. The van der Waals surface area contributed by atoms with Crippen molar-refractivity contribution >= 4 is 11.8 Å². The summed E-state index contributed by atoms with van der Waals surface area (Å²) in [6.45, 7) is 5.59. The summed E-state index contributed by atoms with van der Waals surface area (Å²) in [6, 6.07) is 5.32. The van der Waals surface area contributed by atoms with E-state index in [-0.39, 0.29) is 6.54 Å². The Hall–Kier alpha value is -2.94. The van der Waals surface area contributed by atoms with Gasteiger partial charge in [0, 0.05) is 22.4 Å². The lowest BCUT2D eigenvalue weighted by Crippen LogP contribution is -2.45. The number of aromatic nitrogens is 1. The SMILES string of the molecule is CC(C)(C)N(CC#Cc1cc(N)cc(-c2cnco2)c1)C(=O)O. The van der Waals surface area contributed by atoms with E-state index < -0.39 is 11.6 Å². The lowest BCUT2D eigenvalue weighted by atomic mass is 10.1. The summed E-state index contributed by atoms with van der Waals surface area (Å²) in [5.41, 5.74) is 7.38. The van der Waals surface area contributed by atoms with E-state index in [0.29, 0.717) is 17.0 Å². The van der Waals surface area contributed by atoms with Crippen molar-refractivity contribution in [1.29, 1.82) is 0 Å². The Balaban J connectivity index is 2.23. The second-order valence-corrected chi connectivity index (χ2v) is 6.05. The molecule has 0 bridgehead atoms. The maximum absolute atomic E-state index is 11.3. The van der Waals surface area contributed by atoms with Crippen LogP contribution in [0, 0.1) is 11.8 Å². The number of amides is 1. The Morgan fingerprint density at radius 3 is 2.70 bits per heavy atom. The molecule has 0 saturated carbocycles. The van der Waals surface area contributed by atoms with Crippen LogP contribution in [0.5, 0.6) is 0 Å². The number of nitrogen functional groups attached to an aromatic ring is 1. The van der Waals surface area contributed by atoms with E-state index in [2.05, 4.69) is 16.8 Å². The molecule has 2 rings (SSSR count). The summed E-state index contributed by atoms with van der Waals surface area (Å²) in [6.07, 6.45) is 1.94. The summed E-state index contributed by atoms with van der Waals surface area (Å²) in [7, 11) is 0. The van der Waals surface area contributed by atoms with E-state index in [4.69, 9.17) is 10.2 Å². The Morgan fingerprint density at radius 2 is 2.13 bits per heavy atom. The van der Waals surface area contributed by atoms with Crippen molar-refractivity contribution in [3.63, 3.8) is 0 Å². The van der Waals surface area contributed by atoms with E-state index in [0.717, 1.165) is 5.56 Å². The highest BCUT2D eigenvalue weighted by Gasteiger charge is 2.24. The van der Waals surface area contributed by atoms with Crippen molar-refractivity contribution in [2.24, 2.45) is 0 Å². The third-order valence-electron chi connectivity index (χ3n) is 3.18. The van der Waals surface area contributed by atoms with Crippen LogP contribution >= 0.6 is 0 Å². The number of anilines is 1. The van der Waals surface area contributed by atoms with E-state index in [1.807, 2.05) is 26.8 Å². The van der Waals surface area contributed by atoms with Gasteiger partial charge in [-0.25, -0.2) is 9.78 Å². The van der Waals surface area contributed by atoms with Gasteiger partial charge < -0.3 is 15.3 Å². The molecule has 2 aromatic rings. The molecule has 0 aliphatic rings. The third kappa shape index (κ3) is 4.27. The number of hydrogen-bond donors (Lipinski definition) is 2. The minimum atomic E-state index is -0.998. The Morgan fingerprint density at radius 1 is 1.39 bits per heavy atom. The first kappa shape index (κ1) is 16.4.